The third-order valence-electron chi connectivity index (χ3n) is 5.73. The molecule has 152 valence electrons. The predicted molar refractivity (Wildman–Crippen MR) is 113 cm³/mol. The smallest absolute Gasteiger partial charge is 0.155 e. The number of nitrogens with zero attached hydrogens (tertiary/aromatic N) is 5. The number of halogens is 2. The van der Waals surface area contributed by atoms with Gasteiger partial charge in [0, 0.05) is 61.9 Å². The Labute approximate surface area is 175 Å². The van der Waals surface area contributed by atoms with Gasteiger partial charge in [0.1, 0.15) is 11.5 Å². The first-order valence-corrected chi connectivity index (χ1v) is 9.84. The maximum Gasteiger partial charge on any atom is 0.155 e. The second kappa shape index (κ2) is 8.47. The lowest BCUT2D eigenvalue weighted by atomic mass is 10.0. The molecule has 8 heteroatoms. The van der Waals surface area contributed by atoms with Gasteiger partial charge in [0.2, 0.25) is 0 Å². The minimum atomic E-state index is -0.242. The Morgan fingerprint density at radius 2 is 1.72 bits per heavy atom. The summed E-state index contributed by atoms with van der Waals surface area (Å²) >= 11 is 0. The van der Waals surface area contributed by atoms with Gasteiger partial charge in [-0.2, -0.15) is 5.10 Å². The molecule has 2 aromatic heterocycles. The number of aromatic amines is 1. The van der Waals surface area contributed by atoms with Crippen molar-refractivity contribution >= 4 is 18.2 Å². The molecule has 1 aromatic carbocycles. The van der Waals surface area contributed by atoms with Crippen LogP contribution in [-0.2, 0) is 0 Å². The SMILES string of the molecule is Cl.Fc1ccc(-c2nccnc2N2CCN(C(c3cn[nH]c3)C3CC3)CC2)cc1. The van der Waals surface area contributed by atoms with Crippen molar-refractivity contribution in [3.63, 3.8) is 0 Å². The van der Waals surface area contributed by atoms with Gasteiger partial charge in [0.15, 0.2) is 5.82 Å². The van der Waals surface area contributed by atoms with E-state index in [0.29, 0.717) is 6.04 Å². The highest BCUT2D eigenvalue weighted by molar-refractivity contribution is 5.85. The summed E-state index contributed by atoms with van der Waals surface area (Å²) in [6.45, 7) is 3.75. The molecule has 0 amide bonds. The van der Waals surface area contributed by atoms with Gasteiger partial charge in [-0.1, -0.05) is 0 Å². The van der Waals surface area contributed by atoms with Gasteiger partial charge in [-0.25, -0.2) is 9.37 Å². The molecule has 1 saturated carbocycles. The number of piperazine rings is 1. The molecule has 2 aliphatic rings. The fourth-order valence-corrected chi connectivity index (χ4v) is 4.20. The first-order valence-electron chi connectivity index (χ1n) is 9.84. The molecule has 2 fully saturated rings. The molecule has 1 atom stereocenters. The zero-order chi connectivity index (χ0) is 18.9. The number of aromatic nitrogens is 4. The zero-order valence-electron chi connectivity index (χ0n) is 16.0. The lowest BCUT2D eigenvalue weighted by Crippen LogP contribution is -2.48. The Morgan fingerprint density at radius 3 is 2.38 bits per heavy atom. The number of hydrogen-bond donors (Lipinski definition) is 1. The van der Waals surface area contributed by atoms with E-state index >= 15 is 0 Å². The molecule has 29 heavy (non-hydrogen) atoms. The Hall–Kier alpha value is -2.51. The van der Waals surface area contributed by atoms with E-state index in [2.05, 4.69) is 30.0 Å². The van der Waals surface area contributed by atoms with Crippen LogP contribution in [0.25, 0.3) is 11.3 Å². The lowest BCUT2D eigenvalue weighted by molar-refractivity contribution is 0.167. The average Bonchev–Trinajstić information content (AvgIpc) is 3.43. The molecule has 1 aliphatic carbocycles. The summed E-state index contributed by atoms with van der Waals surface area (Å²) in [4.78, 5) is 14.0. The maximum absolute atomic E-state index is 13.3. The van der Waals surface area contributed by atoms with E-state index in [-0.39, 0.29) is 18.2 Å². The van der Waals surface area contributed by atoms with Crippen molar-refractivity contribution in [3.05, 3.63) is 60.4 Å². The molecule has 3 heterocycles. The van der Waals surface area contributed by atoms with Gasteiger partial charge >= 0.3 is 0 Å². The van der Waals surface area contributed by atoms with Crippen LogP contribution < -0.4 is 4.90 Å². The number of rotatable bonds is 5. The number of H-pyrrole nitrogens is 1. The maximum atomic E-state index is 13.3. The second-order valence-electron chi connectivity index (χ2n) is 7.57. The minimum absolute atomic E-state index is 0. The highest BCUT2D eigenvalue weighted by Crippen LogP contribution is 2.44. The number of benzene rings is 1. The van der Waals surface area contributed by atoms with E-state index in [1.54, 1.807) is 24.5 Å². The first-order chi connectivity index (χ1) is 13.8. The van der Waals surface area contributed by atoms with E-state index in [1.165, 1.54) is 30.5 Å². The standard InChI is InChI=1S/C21H23FN6.ClH/c22-18-5-3-15(4-6-18)19-21(24-8-7-23-19)28-11-9-27(10-12-28)20(16-1-2-16)17-13-25-26-14-17;/h3-8,13-14,16,20H,1-2,9-12H2,(H,25,26);1H. The Morgan fingerprint density at radius 1 is 1.00 bits per heavy atom. The van der Waals surface area contributed by atoms with E-state index in [1.807, 2.05) is 12.4 Å². The van der Waals surface area contributed by atoms with Crippen molar-refractivity contribution in [1.29, 1.82) is 0 Å². The molecule has 5 rings (SSSR count). The molecule has 1 saturated heterocycles. The van der Waals surface area contributed by atoms with Crippen molar-refractivity contribution in [3.8, 4) is 11.3 Å². The molecule has 0 spiro atoms. The predicted octanol–water partition coefficient (Wildman–Crippen LogP) is 3.70. The fourth-order valence-electron chi connectivity index (χ4n) is 4.20. The summed E-state index contributed by atoms with van der Waals surface area (Å²) in [7, 11) is 0. The molecular weight excluding hydrogens is 391 g/mol. The highest BCUT2D eigenvalue weighted by Gasteiger charge is 2.38. The summed E-state index contributed by atoms with van der Waals surface area (Å²) < 4.78 is 13.3. The van der Waals surface area contributed by atoms with Crippen LogP contribution in [0.4, 0.5) is 10.2 Å². The largest absolute Gasteiger partial charge is 0.352 e. The summed E-state index contributed by atoms with van der Waals surface area (Å²) in [5, 5.41) is 7.12. The summed E-state index contributed by atoms with van der Waals surface area (Å²) in [5.41, 5.74) is 2.99. The van der Waals surface area contributed by atoms with Gasteiger partial charge in [-0.05, 0) is 43.0 Å². The number of nitrogens with one attached hydrogen (secondary N) is 1. The second-order valence-corrected chi connectivity index (χ2v) is 7.57. The summed E-state index contributed by atoms with van der Waals surface area (Å²) in [6, 6.07) is 6.93. The van der Waals surface area contributed by atoms with Crippen molar-refractivity contribution in [1.82, 2.24) is 25.1 Å². The zero-order valence-corrected chi connectivity index (χ0v) is 16.9. The average molecular weight is 415 g/mol. The summed E-state index contributed by atoms with van der Waals surface area (Å²) in [5.74, 6) is 1.38. The van der Waals surface area contributed by atoms with Crippen LogP contribution in [0.5, 0.6) is 0 Å². The van der Waals surface area contributed by atoms with Gasteiger partial charge in [-0.15, -0.1) is 12.4 Å². The van der Waals surface area contributed by atoms with Gasteiger partial charge in [0.25, 0.3) is 0 Å². The topological polar surface area (TPSA) is 60.9 Å². The third-order valence-corrected chi connectivity index (χ3v) is 5.73. The van der Waals surface area contributed by atoms with Crippen molar-refractivity contribution in [2.75, 3.05) is 31.1 Å². The molecule has 1 N–H and O–H groups in total. The third kappa shape index (κ3) is 4.11. The number of hydrogen-bond acceptors (Lipinski definition) is 5. The minimum Gasteiger partial charge on any atom is -0.352 e. The van der Waals surface area contributed by atoms with Crippen molar-refractivity contribution in [2.24, 2.45) is 5.92 Å². The Bertz CT molecular complexity index is 921. The Balaban J connectivity index is 0.00000205. The first kappa shape index (κ1) is 19.8. The lowest BCUT2D eigenvalue weighted by Gasteiger charge is -2.40. The Kier molecular flexibility index (Phi) is 5.78. The van der Waals surface area contributed by atoms with Crippen LogP contribution in [-0.4, -0.2) is 51.2 Å². The van der Waals surface area contributed by atoms with Crippen LogP contribution in [0.2, 0.25) is 0 Å². The van der Waals surface area contributed by atoms with E-state index in [4.69, 9.17) is 0 Å². The van der Waals surface area contributed by atoms with Crippen molar-refractivity contribution in [2.45, 2.75) is 18.9 Å². The number of anilines is 1. The molecular formula is C21H24ClFN6. The monoisotopic (exact) mass is 414 g/mol. The molecule has 1 aliphatic heterocycles. The van der Waals surface area contributed by atoms with Crippen LogP contribution in [0.3, 0.4) is 0 Å². The molecule has 0 radical (unpaired) electrons. The molecule has 6 nitrogen and oxygen atoms in total. The molecule has 1 unspecified atom stereocenters. The van der Waals surface area contributed by atoms with Crippen LogP contribution in [0.1, 0.15) is 24.4 Å². The van der Waals surface area contributed by atoms with E-state index < -0.39 is 0 Å². The molecule has 0 bridgehead atoms. The van der Waals surface area contributed by atoms with Gasteiger partial charge < -0.3 is 4.90 Å². The van der Waals surface area contributed by atoms with Gasteiger partial charge in [0.05, 0.1) is 6.20 Å². The van der Waals surface area contributed by atoms with Crippen molar-refractivity contribution < 1.29 is 4.39 Å². The van der Waals surface area contributed by atoms with Crippen LogP contribution >= 0.6 is 12.4 Å². The highest BCUT2D eigenvalue weighted by atomic mass is 35.5. The fraction of sp³-hybridized carbons (Fsp3) is 0.381. The van der Waals surface area contributed by atoms with Crippen LogP contribution in [0, 0.1) is 11.7 Å². The quantitative estimate of drug-likeness (QED) is 0.689. The van der Waals surface area contributed by atoms with Crippen LogP contribution in [0.15, 0.2) is 49.1 Å². The normalized spacial score (nSPS) is 18.3. The van der Waals surface area contributed by atoms with E-state index in [0.717, 1.165) is 49.2 Å². The summed E-state index contributed by atoms with van der Waals surface area (Å²) in [6.07, 6.45) is 10.0. The molecule has 3 aromatic rings. The van der Waals surface area contributed by atoms with E-state index in [9.17, 15) is 4.39 Å². The van der Waals surface area contributed by atoms with Gasteiger partial charge in [-0.3, -0.25) is 15.0 Å².